The van der Waals surface area contributed by atoms with Gasteiger partial charge in [0.2, 0.25) is 5.91 Å². The Morgan fingerprint density at radius 2 is 1.66 bits per heavy atom. The molecule has 0 spiro atoms. The number of hydrogen-bond donors (Lipinski definition) is 2. The molecule has 1 aromatic heterocycles. The largest absolute Gasteiger partial charge is 0.465 e. The number of rotatable bonds is 5. The van der Waals surface area contributed by atoms with E-state index in [1.807, 2.05) is 64.6 Å². The Balaban J connectivity index is 0.000000323. The van der Waals surface area contributed by atoms with E-state index in [1.165, 1.54) is 12.7 Å². The third-order valence-electron chi connectivity index (χ3n) is 4.55. The maximum absolute atomic E-state index is 12.3. The molecule has 1 aromatic carbocycles. The Morgan fingerprint density at radius 1 is 1.09 bits per heavy atom. The van der Waals surface area contributed by atoms with Gasteiger partial charge >= 0.3 is 5.97 Å². The van der Waals surface area contributed by atoms with Crippen LogP contribution in [0.1, 0.15) is 77.0 Å². The van der Waals surface area contributed by atoms with Crippen molar-refractivity contribution >= 4 is 17.7 Å². The lowest BCUT2D eigenvalue weighted by Gasteiger charge is -2.32. The van der Waals surface area contributed by atoms with E-state index in [1.54, 1.807) is 6.92 Å². The van der Waals surface area contributed by atoms with Crippen LogP contribution in [0.2, 0.25) is 0 Å². The van der Waals surface area contributed by atoms with E-state index in [2.05, 4.69) is 41.5 Å². The van der Waals surface area contributed by atoms with Crippen molar-refractivity contribution in [3.8, 4) is 0 Å². The van der Waals surface area contributed by atoms with Crippen LogP contribution in [-0.4, -0.2) is 45.7 Å². The molecule has 178 valence electrons. The highest BCUT2D eigenvalue weighted by atomic mass is 16.5. The van der Waals surface area contributed by atoms with Crippen LogP contribution >= 0.6 is 0 Å². The zero-order chi connectivity index (χ0) is 24.7. The summed E-state index contributed by atoms with van der Waals surface area (Å²) in [6.45, 7) is 18.5. The van der Waals surface area contributed by atoms with Crippen LogP contribution in [0.15, 0.2) is 30.3 Å². The first-order valence-corrected chi connectivity index (χ1v) is 10.9. The van der Waals surface area contributed by atoms with Crippen molar-refractivity contribution in [2.45, 2.75) is 80.4 Å². The first-order chi connectivity index (χ1) is 14.7. The number of hydrogen-bond acceptors (Lipinski definition) is 5. The second kappa shape index (κ2) is 11.2. The zero-order valence-electron chi connectivity index (χ0n) is 21.3. The van der Waals surface area contributed by atoms with Crippen LogP contribution in [0.5, 0.6) is 0 Å². The van der Waals surface area contributed by atoms with Gasteiger partial charge in [0.05, 0.1) is 7.11 Å². The summed E-state index contributed by atoms with van der Waals surface area (Å²) < 4.78 is 4.69. The maximum Gasteiger partial charge on any atom is 0.343 e. The molecule has 0 unspecified atom stereocenters. The van der Waals surface area contributed by atoms with Crippen molar-refractivity contribution in [3.05, 3.63) is 47.2 Å². The quantitative estimate of drug-likeness (QED) is 0.620. The zero-order valence-corrected chi connectivity index (χ0v) is 21.3. The number of aromatic amines is 1. The number of nitrogens with zero attached hydrogens (tertiary/aromatic N) is 2. The predicted molar refractivity (Wildman–Crippen MR) is 130 cm³/mol. The Bertz CT molecular complexity index is 875. The molecule has 2 N–H and O–H groups in total. The van der Waals surface area contributed by atoms with E-state index in [0.29, 0.717) is 23.6 Å². The van der Waals surface area contributed by atoms with Crippen molar-refractivity contribution in [3.63, 3.8) is 0 Å². The summed E-state index contributed by atoms with van der Waals surface area (Å²) >= 11 is 0. The summed E-state index contributed by atoms with van der Waals surface area (Å²) in [5.74, 6) is 0.358. The molecule has 0 aliphatic heterocycles. The minimum absolute atomic E-state index is 0.148. The van der Waals surface area contributed by atoms with Gasteiger partial charge in [0.15, 0.2) is 5.82 Å². The summed E-state index contributed by atoms with van der Waals surface area (Å²) in [6.07, 6.45) is 0. The molecule has 7 nitrogen and oxygen atoms in total. The van der Waals surface area contributed by atoms with E-state index >= 15 is 0 Å². The minimum atomic E-state index is -0.381. The number of methoxy groups -OCH3 is 1. The molecule has 2 rings (SSSR count). The average Bonchev–Trinajstić information content (AvgIpc) is 3.03. The number of anilines is 1. The first kappa shape index (κ1) is 27.2. The van der Waals surface area contributed by atoms with Gasteiger partial charge in [-0.25, -0.2) is 4.79 Å². The summed E-state index contributed by atoms with van der Waals surface area (Å²) in [7, 11) is 1.36. The van der Waals surface area contributed by atoms with Crippen molar-refractivity contribution < 1.29 is 14.3 Å². The van der Waals surface area contributed by atoms with Gasteiger partial charge in [-0.05, 0) is 47.1 Å². The third-order valence-corrected chi connectivity index (χ3v) is 4.55. The molecule has 32 heavy (non-hydrogen) atoms. The molecule has 0 saturated heterocycles. The number of carbonyl (C=O) groups is 2. The Kier molecular flexibility index (Phi) is 9.49. The summed E-state index contributed by atoms with van der Waals surface area (Å²) in [4.78, 5) is 25.8. The lowest BCUT2D eigenvalue weighted by Crippen LogP contribution is -2.43. The second-order valence-electron chi connectivity index (χ2n) is 10.2. The van der Waals surface area contributed by atoms with Crippen molar-refractivity contribution in [1.29, 1.82) is 0 Å². The summed E-state index contributed by atoms with van der Waals surface area (Å²) in [5, 5.41) is 9.94. The molecule has 2 aromatic rings. The predicted octanol–water partition coefficient (Wildman–Crippen LogP) is 5.18. The van der Waals surface area contributed by atoms with E-state index in [-0.39, 0.29) is 28.9 Å². The lowest BCUT2D eigenvalue weighted by atomic mass is 9.93. The topological polar surface area (TPSA) is 87.3 Å². The van der Waals surface area contributed by atoms with E-state index < -0.39 is 0 Å². The molecular weight excluding hydrogens is 404 g/mol. The SMILES string of the molecule is CC(C)N(Cc1ccccc1)C(=O)C(C)(C)C.COC(=O)c1c(NC(C)(C)C)n[nH]c1C. The van der Waals surface area contributed by atoms with Gasteiger partial charge in [-0.1, -0.05) is 51.1 Å². The maximum atomic E-state index is 12.3. The fraction of sp³-hybridized carbons (Fsp3) is 0.560. The van der Waals surface area contributed by atoms with Crippen LogP contribution in [0, 0.1) is 12.3 Å². The monoisotopic (exact) mass is 444 g/mol. The van der Waals surface area contributed by atoms with Gasteiger partial charge in [0.25, 0.3) is 0 Å². The molecule has 7 heteroatoms. The number of esters is 1. The number of aromatic nitrogens is 2. The molecule has 0 atom stereocenters. The Morgan fingerprint density at radius 3 is 2.09 bits per heavy atom. The first-order valence-electron chi connectivity index (χ1n) is 10.9. The number of ether oxygens (including phenoxy) is 1. The van der Waals surface area contributed by atoms with Crippen LogP contribution in [0.3, 0.4) is 0 Å². The molecule has 1 amide bonds. The van der Waals surface area contributed by atoms with Crippen LogP contribution in [0.25, 0.3) is 0 Å². The van der Waals surface area contributed by atoms with Crippen LogP contribution in [-0.2, 0) is 16.1 Å². The molecule has 0 bridgehead atoms. The summed E-state index contributed by atoms with van der Waals surface area (Å²) in [5.41, 5.74) is 1.88. The number of H-pyrrole nitrogens is 1. The fourth-order valence-corrected chi connectivity index (χ4v) is 2.93. The van der Waals surface area contributed by atoms with E-state index in [9.17, 15) is 9.59 Å². The van der Waals surface area contributed by atoms with Gasteiger partial charge in [-0.2, -0.15) is 5.10 Å². The van der Waals surface area contributed by atoms with Crippen LogP contribution < -0.4 is 5.32 Å². The van der Waals surface area contributed by atoms with Crippen molar-refractivity contribution in [2.75, 3.05) is 12.4 Å². The second-order valence-corrected chi connectivity index (χ2v) is 10.2. The van der Waals surface area contributed by atoms with Gasteiger partial charge in [-0.3, -0.25) is 9.89 Å². The number of nitrogens with one attached hydrogen (secondary N) is 2. The molecule has 0 fully saturated rings. The third kappa shape index (κ3) is 8.36. The number of carbonyl (C=O) groups excluding carboxylic acids is 2. The number of aryl methyl sites for hydroxylation is 1. The van der Waals surface area contributed by atoms with Gasteiger partial charge in [0.1, 0.15) is 5.56 Å². The number of benzene rings is 1. The van der Waals surface area contributed by atoms with Gasteiger partial charge < -0.3 is 15.0 Å². The van der Waals surface area contributed by atoms with Crippen LogP contribution in [0.4, 0.5) is 5.82 Å². The molecule has 0 saturated carbocycles. The van der Waals surface area contributed by atoms with E-state index in [4.69, 9.17) is 4.74 Å². The van der Waals surface area contributed by atoms with Gasteiger partial charge in [0, 0.05) is 29.2 Å². The fourth-order valence-electron chi connectivity index (χ4n) is 2.93. The lowest BCUT2D eigenvalue weighted by molar-refractivity contribution is -0.142. The van der Waals surface area contributed by atoms with Crippen molar-refractivity contribution in [1.82, 2.24) is 15.1 Å². The van der Waals surface area contributed by atoms with E-state index in [0.717, 1.165) is 0 Å². The highest BCUT2D eigenvalue weighted by molar-refractivity contribution is 5.95. The minimum Gasteiger partial charge on any atom is -0.465 e. The summed E-state index contributed by atoms with van der Waals surface area (Å²) in [6, 6.07) is 10.4. The standard InChI is InChI=1S/C15H23NO.C10H17N3O2/c1-12(2)16(14(17)15(3,4)5)11-13-9-7-6-8-10-13;1-6-7(9(14)15-5)8(13-12-6)11-10(2,3)4/h6-10,12H,11H2,1-5H3;1-5H3,(H2,11,12,13). The normalized spacial score (nSPS) is 11.5. The smallest absolute Gasteiger partial charge is 0.343 e. The number of amides is 1. The highest BCUT2D eigenvalue weighted by Gasteiger charge is 2.28. The average molecular weight is 445 g/mol. The highest BCUT2D eigenvalue weighted by Crippen LogP contribution is 2.22. The Labute approximate surface area is 192 Å². The van der Waals surface area contributed by atoms with Crippen molar-refractivity contribution in [2.24, 2.45) is 5.41 Å². The van der Waals surface area contributed by atoms with Gasteiger partial charge in [-0.15, -0.1) is 0 Å². The molecule has 0 aliphatic carbocycles. The Hall–Kier alpha value is -2.83. The molecule has 0 radical (unpaired) electrons. The molecule has 1 heterocycles. The molecular formula is C25H40N4O3. The molecule has 0 aliphatic rings.